The molecule has 7 heteroatoms. The Morgan fingerprint density at radius 2 is 1.96 bits per heavy atom. The highest BCUT2D eigenvalue weighted by molar-refractivity contribution is 6.30. The van der Waals surface area contributed by atoms with Gasteiger partial charge in [0.05, 0.1) is 16.6 Å². The summed E-state index contributed by atoms with van der Waals surface area (Å²) in [4.78, 5) is 8.10. The molecule has 0 aliphatic rings. The summed E-state index contributed by atoms with van der Waals surface area (Å²) < 4.78 is 26.8. The van der Waals surface area contributed by atoms with Crippen molar-refractivity contribution in [1.82, 2.24) is 9.97 Å². The summed E-state index contributed by atoms with van der Waals surface area (Å²) in [5.74, 6) is -0.614. The van der Waals surface area contributed by atoms with Crippen LogP contribution in [0.5, 0.6) is 0 Å². The van der Waals surface area contributed by atoms with Gasteiger partial charge in [0.1, 0.15) is 23.8 Å². The van der Waals surface area contributed by atoms with Crippen molar-refractivity contribution in [1.29, 1.82) is 0 Å². The molecule has 3 aromatic rings. The topological polar surface area (TPSA) is 58.0 Å². The first-order valence-electron chi connectivity index (χ1n) is 6.82. The number of aliphatic hydroxyl groups is 1. The molecule has 0 aliphatic heterocycles. The maximum Gasteiger partial charge on any atom is 0.142 e. The van der Waals surface area contributed by atoms with E-state index in [9.17, 15) is 13.9 Å². The Hall–Kier alpha value is -2.31. The number of hydrogen-bond donors (Lipinski definition) is 2. The summed E-state index contributed by atoms with van der Waals surface area (Å²) in [5, 5.41) is 13.6. The van der Waals surface area contributed by atoms with Crippen molar-refractivity contribution in [2.45, 2.75) is 6.10 Å². The molecule has 0 saturated heterocycles. The van der Waals surface area contributed by atoms with Crippen LogP contribution in [0.3, 0.4) is 0 Å². The molecule has 2 N–H and O–H groups in total. The number of anilines is 1. The van der Waals surface area contributed by atoms with Gasteiger partial charge in [0, 0.05) is 11.9 Å². The molecular formula is C16H12ClF2N3O. The van der Waals surface area contributed by atoms with E-state index in [0.717, 1.165) is 0 Å². The normalized spacial score (nSPS) is 12.3. The van der Waals surface area contributed by atoms with Crippen LogP contribution in [0, 0.1) is 11.6 Å². The maximum atomic E-state index is 13.4. The average molecular weight is 336 g/mol. The molecule has 1 heterocycles. The fraction of sp³-hybridized carbons (Fsp3) is 0.125. The van der Waals surface area contributed by atoms with E-state index in [0.29, 0.717) is 22.3 Å². The Bertz CT molecular complexity index is 860. The summed E-state index contributed by atoms with van der Waals surface area (Å²) in [6.45, 7) is 0.0731. The molecule has 2 aromatic carbocycles. The Balaban J connectivity index is 1.80. The predicted octanol–water partition coefficient (Wildman–Crippen LogP) is 3.71. The van der Waals surface area contributed by atoms with Gasteiger partial charge in [-0.1, -0.05) is 17.7 Å². The Morgan fingerprint density at radius 3 is 2.74 bits per heavy atom. The second-order valence-electron chi connectivity index (χ2n) is 4.95. The molecule has 0 saturated carbocycles. The fourth-order valence-electron chi connectivity index (χ4n) is 2.20. The fourth-order valence-corrected chi connectivity index (χ4v) is 2.32. The molecule has 23 heavy (non-hydrogen) atoms. The lowest BCUT2D eigenvalue weighted by Crippen LogP contribution is -2.13. The van der Waals surface area contributed by atoms with E-state index >= 15 is 0 Å². The molecule has 0 amide bonds. The van der Waals surface area contributed by atoms with Gasteiger partial charge in [-0.05, 0) is 35.9 Å². The third kappa shape index (κ3) is 3.38. The molecule has 0 fully saturated rings. The Morgan fingerprint density at radius 1 is 1.13 bits per heavy atom. The first-order valence-corrected chi connectivity index (χ1v) is 7.19. The van der Waals surface area contributed by atoms with Crippen LogP contribution in [0.4, 0.5) is 14.6 Å². The van der Waals surface area contributed by atoms with Crippen molar-refractivity contribution >= 4 is 28.3 Å². The molecule has 1 unspecified atom stereocenters. The third-order valence-corrected chi connectivity index (χ3v) is 3.70. The van der Waals surface area contributed by atoms with Gasteiger partial charge in [-0.25, -0.2) is 18.7 Å². The predicted molar refractivity (Wildman–Crippen MR) is 84.4 cm³/mol. The number of halogens is 3. The van der Waals surface area contributed by atoms with E-state index < -0.39 is 17.7 Å². The first-order chi connectivity index (χ1) is 11.0. The van der Waals surface area contributed by atoms with Gasteiger partial charge in [-0.2, -0.15) is 0 Å². The minimum absolute atomic E-state index is 0.00817. The number of benzene rings is 2. The van der Waals surface area contributed by atoms with Crippen molar-refractivity contribution in [2.24, 2.45) is 0 Å². The van der Waals surface area contributed by atoms with Crippen LogP contribution >= 0.6 is 11.6 Å². The minimum Gasteiger partial charge on any atom is -0.387 e. The highest BCUT2D eigenvalue weighted by Gasteiger charge is 2.12. The monoisotopic (exact) mass is 335 g/mol. The number of hydrogen-bond acceptors (Lipinski definition) is 4. The van der Waals surface area contributed by atoms with E-state index in [1.165, 1.54) is 36.7 Å². The van der Waals surface area contributed by atoms with Crippen LogP contribution < -0.4 is 5.32 Å². The van der Waals surface area contributed by atoms with Crippen molar-refractivity contribution in [2.75, 3.05) is 11.9 Å². The van der Waals surface area contributed by atoms with Crippen LogP contribution in [0.1, 0.15) is 11.7 Å². The van der Waals surface area contributed by atoms with E-state index in [2.05, 4.69) is 15.3 Å². The number of aliphatic hydroxyl groups excluding tert-OH is 1. The number of aromatic nitrogens is 2. The molecule has 0 aliphatic carbocycles. The first kappa shape index (κ1) is 15.6. The van der Waals surface area contributed by atoms with Gasteiger partial charge < -0.3 is 10.4 Å². The Labute approximate surface area is 135 Å². The van der Waals surface area contributed by atoms with E-state index in [1.54, 1.807) is 6.07 Å². The second-order valence-corrected chi connectivity index (χ2v) is 5.36. The average Bonchev–Trinajstić information content (AvgIpc) is 2.55. The number of nitrogens with one attached hydrogen (secondary N) is 1. The summed E-state index contributed by atoms with van der Waals surface area (Å²) >= 11 is 5.61. The maximum absolute atomic E-state index is 13.4. The van der Waals surface area contributed by atoms with Crippen LogP contribution in [0.25, 0.3) is 10.9 Å². The number of nitrogens with zero attached hydrogens (tertiary/aromatic N) is 2. The zero-order valence-corrected chi connectivity index (χ0v) is 12.6. The quantitative estimate of drug-likeness (QED) is 0.763. The van der Waals surface area contributed by atoms with Crippen LogP contribution in [0.15, 0.2) is 42.7 Å². The van der Waals surface area contributed by atoms with E-state index in [1.807, 2.05) is 0 Å². The van der Waals surface area contributed by atoms with Crippen LogP contribution in [-0.4, -0.2) is 21.6 Å². The van der Waals surface area contributed by atoms with E-state index in [4.69, 9.17) is 11.6 Å². The molecule has 1 aromatic heterocycles. The number of rotatable bonds is 4. The summed E-state index contributed by atoms with van der Waals surface area (Å²) in [6.07, 6.45) is 0.372. The van der Waals surface area contributed by atoms with Crippen molar-refractivity contribution in [3.63, 3.8) is 0 Å². The molecular weight excluding hydrogens is 324 g/mol. The van der Waals surface area contributed by atoms with Gasteiger partial charge in [-0.15, -0.1) is 0 Å². The summed E-state index contributed by atoms with van der Waals surface area (Å²) in [7, 11) is 0. The standard InChI is InChI=1S/C16H12ClF2N3O/c17-12-3-1-9(5-13(12)19)15(23)7-20-16-11-6-10(18)2-4-14(11)21-8-22-16/h1-6,8,15,23H,7H2,(H,20,21,22). The van der Waals surface area contributed by atoms with Gasteiger partial charge in [-0.3, -0.25) is 0 Å². The summed E-state index contributed by atoms with van der Waals surface area (Å²) in [6, 6.07) is 8.26. The van der Waals surface area contributed by atoms with Gasteiger partial charge in [0.25, 0.3) is 0 Å². The van der Waals surface area contributed by atoms with Crippen molar-refractivity contribution in [3.05, 3.63) is 64.9 Å². The third-order valence-electron chi connectivity index (χ3n) is 3.39. The molecule has 1 atom stereocenters. The van der Waals surface area contributed by atoms with Gasteiger partial charge in [0.2, 0.25) is 0 Å². The zero-order chi connectivity index (χ0) is 16.4. The molecule has 3 rings (SSSR count). The highest BCUT2D eigenvalue weighted by Crippen LogP contribution is 2.23. The van der Waals surface area contributed by atoms with Gasteiger partial charge >= 0.3 is 0 Å². The molecule has 4 nitrogen and oxygen atoms in total. The van der Waals surface area contributed by atoms with Crippen molar-refractivity contribution in [3.8, 4) is 0 Å². The lowest BCUT2D eigenvalue weighted by atomic mass is 10.1. The molecule has 0 radical (unpaired) electrons. The second kappa shape index (κ2) is 6.44. The zero-order valence-electron chi connectivity index (χ0n) is 11.8. The van der Waals surface area contributed by atoms with E-state index in [-0.39, 0.29) is 11.6 Å². The van der Waals surface area contributed by atoms with Crippen LogP contribution in [0.2, 0.25) is 5.02 Å². The highest BCUT2D eigenvalue weighted by atomic mass is 35.5. The minimum atomic E-state index is -0.972. The lowest BCUT2D eigenvalue weighted by Gasteiger charge is -2.14. The lowest BCUT2D eigenvalue weighted by molar-refractivity contribution is 0.191. The Kier molecular flexibility index (Phi) is 4.36. The molecule has 118 valence electrons. The SMILES string of the molecule is OC(CNc1ncnc2ccc(F)cc12)c1ccc(Cl)c(F)c1. The largest absolute Gasteiger partial charge is 0.387 e. The summed E-state index contributed by atoms with van der Waals surface area (Å²) in [5.41, 5.74) is 0.958. The number of fused-ring (bicyclic) bond motifs is 1. The van der Waals surface area contributed by atoms with Crippen molar-refractivity contribution < 1.29 is 13.9 Å². The molecule has 0 spiro atoms. The smallest absolute Gasteiger partial charge is 0.142 e. The van der Waals surface area contributed by atoms with Gasteiger partial charge in [0.15, 0.2) is 0 Å². The molecule has 0 bridgehead atoms. The van der Waals surface area contributed by atoms with Crippen LogP contribution in [-0.2, 0) is 0 Å².